The van der Waals surface area contributed by atoms with E-state index in [1.807, 2.05) is 6.07 Å². The molecule has 1 aliphatic heterocycles. The summed E-state index contributed by atoms with van der Waals surface area (Å²) in [6.45, 7) is 3.62. The average molecular weight is 437 g/mol. The lowest BCUT2D eigenvalue weighted by Gasteiger charge is -2.34. The number of carbonyl (C=O) groups excluding carboxylic acids is 1. The molecular weight excluding hydrogens is 410 g/mol. The fourth-order valence-corrected chi connectivity index (χ4v) is 4.09. The highest BCUT2D eigenvalue weighted by Gasteiger charge is 2.27. The highest BCUT2D eigenvalue weighted by atomic mass is 19.1. The number of aryl methyl sites for hydroxylation is 1. The predicted octanol–water partition coefficient (Wildman–Crippen LogP) is 4.72. The van der Waals surface area contributed by atoms with Crippen LogP contribution in [0.2, 0.25) is 0 Å². The van der Waals surface area contributed by atoms with E-state index in [2.05, 4.69) is 20.2 Å². The summed E-state index contributed by atoms with van der Waals surface area (Å²) in [5.41, 5.74) is 2.77. The number of piperidine rings is 1. The molecule has 1 N–H and O–H groups in total. The molecule has 1 aliphatic rings. The van der Waals surface area contributed by atoms with Crippen LogP contribution < -0.4 is 5.32 Å². The number of likely N-dealkylation sites (tertiary alicyclic amines) is 1. The van der Waals surface area contributed by atoms with Gasteiger partial charge in [-0.2, -0.15) is 0 Å². The number of aromatic nitrogens is 2. The van der Waals surface area contributed by atoms with Crippen LogP contribution in [-0.4, -0.2) is 27.3 Å². The molecule has 0 unspecified atom stereocenters. The topological polar surface area (TPSA) is 58.1 Å². The first kappa shape index (κ1) is 22.0. The van der Waals surface area contributed by atoms with E-state index in [9.17, 15) is 13.6 Å². The summed E-state index contributed by atoms with van der Waals surface area (Å²) >= 11 is 0. The molecule has 0 bridgehead atoms. The van der Waals surface area contributed by atoms with Gasteiger partial charge in [-0.15, -0.1) is 0 Å². The van der Waals surface area contributed by atoms with Crippen molar-refractivity contribution in [2.75, 3.05) is 6.54 Å². The molecule has 1 saturated heterocycles. The van der Waals surface area contributed by atoms with Crippen molar-refractivity contribution in [1.29, 1.82) is 0 Å². The minimum atomic E-state index is -0.311. The monoisotopic (exact) mass is 436 g/mol. The van der Waals surface area contributed by atoms with Crippen LogP contribution >= 0.6 is 0 Å². The van der Waals surface area contributed by atoms with E-state index in [1.165, 1.54) is 18.2 Å². The second-order valence-corrected chi connectivity index (χ2v) is 8.15. The molecule has 3 aromatic rings. The van der Waals surface area contributed by atoms with E-state index in [4.69, 9.17) is 0 Å². The molecule has 5 nitrogen and oxygen atoms in total. The number of nitrogens with zero attached hydrogens (tertiary/aromatic N) is 3. The number of benzene rings is 2. The maximum atomic E-state index is 13.6. The number of hydrogen-bond acceptors (Lipinski definition) is 4. The van der Waals surface area contributed by atoms with Crippen LogP contribution in [0.25, 0.3) is 0 Å². The van der Waals surface area contributed by atoms with Gasteiger partial charge in [-0.05, 0) is 61.7 Å². The molecule has 166 valence electrons. The van der Waals surface area contributed by atoms with Crippen molar-refractivity contribution in [2.24, 2.45) is 0 Å². The van der Waals surface area contributed by atoms with Gasteiger partial charge in [-0.3, -0.25) is 9.69 Å². The molecule has 1 atom stereocenters. The number of rotatable bonds is 6. The molecule has 32 heavy (non-hydrogen) atoms. The van der Waals surface area contributed by atoms with Crippen LogP contribution in [0.15, 0.2) is 54.7 Å². The molecule has 1 aromatic heterocycles. The van der Waals surface area contributed by atoms with Gasteiger partial charge in [0.15, 0.2) is 0 Å². The standard InChI is InChI=1S/C25H26F2N4O/c1-17-22(25(32)29-14-18-8-10-20(26)11-9-18)15-28-24(30-17)23-7-2-3-12-31(23)16-19-5-4-6-21(27)13-19/h4-6,8-11,13,15,23H,2-3,7,12,14,16H2,1H3,(H,29,32)/t23-/m0/s1. The van der Waals surface area contributed by atoms with E-state index in [0.717, 1.165) is 36.9 Å². The van der Waals surface area contributed by atoms with Crippen LogP contribution in [0, 0.1) is 18.6 Å². The number of hydrogen-bond donors (Lipinski definition) is 1. The predicted molar refractivity (Wildman–Crippen MR) is 118 cm³/mol. The van der Waals surface area contributed by atoms with Crippen molar-refractivity contribution < 1.29 is 13.6 Å². The normalized spacial score (nSPS) is 16.7. The third-order valence-corrected chi connectivity index (χ3v) is 5.80. The molecular formula is C25H26F2N4O. The van der Waals surface area contributed by atoms with Crippen LogP contribution in [-0.2, 0) is 13.1 Å². The lowest BCUT2D eigenvalue weighted by atomic mass is 10.00. The highest BCUT2D eigenvalue weighted by Crippen LogP contribution is 2.30. The largest absolute Gasteiger partial charge is 0.348 e. The first-order valence-electron chi connectivity index (χ1n) is 10.8. The van der Waals surface area contributed by atoms with E-state index in [1.54, 1.807) is 37.4 Å². The van der Waals surface area contributed by atoms with Gasteiger partial charge in [0.25, 0.3) is 5.91 Å². The van der Waals surface area contributed by atoms with Gasteiger partial charge in [0.2, 0.25) is 0 Å². The summed E-state index contributed by atoms with van der Waals surface area (Å²) in [5, 5.41) is 2.83. The maximum Gasteiger partial charge on any atom is 0.254 e. The molecule has 0 saturated carbocycles. The van der Waals surface area contributed by atoms with E-state index < -0.39 is 0 Å². The fourth-order valence-electron chi connectivity index (χ4n) is 4.09. The second-order valence-electron chi connectivity index (χ2n) is 8.15. The van der Waals surface area contributed by atoms with Crippen molar-refractivity contribution in [3.8, 4) is 0 Å². The Bertz CT molecular complexity index is 1090. The second kappa shape index (κ2) is 9.96. The fraction of sp³-hybridized carbons (Fsp3) is 0.320. The summed E-state index contributed by atoms with van der Waals surface area (Å²) < 4.78 is 26.6. The first-order valence-corrected chi connectivity index (χ1v) is 10.8. The van der Waals surface area contributed by atoms with Gasteiger partial charge in [-0.25, -0.2) is 18.7 Å². The van der Waals surface area contributed by atoms with Gasteiger partial charge in [-0.1, -0.05) is 30.7 Å². The molecule has 4 rings (SSSR count). The molecule has 0 aliphatic carbocycles. The number of halogens is 2. The van der Waals surface area contributed by atoms with E-state index in [-0.39, 0.29) is 23.6 Å². The van der Waals surface area contributed by atoms with Crippen LogP contribution in [0.3, 0.4) is 0 Å². The molecule has 2 aromatic carbocycles. The number of nitrogens with one attached hydrogen (secondary N) is 1. The quantitative estimate of drug-likeness (QED) is 0.608. The summed E-state index contributed by atoms with van der Waals surface area (Å²) in [6, 6.07) is 12.7. The maximum absolute atomic E-state index is 13.6. The minimum Gasteiger partial charge on any atom is -0.348 e. The molecule has 7 heteroatoms. The van der Waals surface area contributed by atoms with Crippen LogP contribution in [0.4, 0.5) is 8.78 Å². The van der Waals surface area contributed by atoms with Crippen molar-refractivity contribution in [3.05, 3.63) is 94.6 Å². The van der Waals surface area contributed by atoms with E-state index >= 15 is 0 Å². The van der Waals surface area contributed by atoms with Crippen molar-refractivity contribution in [3.63, 3.8) is 0 Å². The highest BCUT2D eigenvalue weighted by molar-refractivity contribution is 5.94. The Morgan fingerprint density at radius 1 is 1.09 bits per heavy atom. The number of amides is 1. The summed E-state index contributed by atoms with van der Waals surface area (Å²) in [7, 11) is 0. The third-order valence-electron chi connectivity index (χ3n) is 5.80. The Morgan fingerprint density at radius 2 is 1.91 bits per heavy atom. The van der Waals surface area contributed by atoms with Crippen molar-refractivity contribution >= 4 is 5.91 Å². The summed E-state index contributed by atoms with van der Waals surface area (Å²) in [5.74, 6) is -0.124. The molecule has 1 fully saturated rings. The zero-order valence-electron chi connectivity index (χ0n) is 18.0. The summed E-state index contributed by atoms with van der Waals surface area (Å²) in [6.07, 6.45) is 4.65. The van der Waals surface area contributed by atoms with Gasteiger partial charge >= 0.3 is 0 Å². The Balaban J connectivity index is 1.45. The third kappa shape index (κ3) is 5.34. The molecule has 0 radical (unpaired) electrons. The Hall–Kier alpha value is -3.19. The molecule has 2 heterocycles. The lowest BCUT2D eigenvalue weighted by molar-refractivity contribution is 0.0948. The molecule has 0 spiro atoms. The Kier molecular flexibility index (Phi) is 6.85. The Morgan fingerprint density at radius 3 is 2.66 bits per heavy atom. The van der Waals surface area contributed by atoms with Gasteiger partial charge < -0.3 is 5.32 Å². The minimum absolute atomic E-state index is 0.0297. The number of carbonyl (C=O) groups is 1. The first-order chi connectivity index (χ1) is 15.5. The van der Waals surface area contributed by atoms with Gasteiger partial charge in [0, 0.05) is 19.3 Å². The molecule has 1 amide bonds. The van der Waals surface area contributed by atoms with Crippen LogP contribution in [0.1, 0.15) is 58.3 Å². The smallest absolute Gasteiger partial charge is 0.254 e. The van der Waals surface area contributed by atoms with Crippen molar-refractivity contribution in [2.45, 2.75) is 45.3 Å². The SMILES string of the molecule is Cc1nc([C@@H]2CCCCN2Cc2cccc(F)c2)ncc1C(=O)NCc1ccc(F)cc1. The van der Waals surface area contributed by atoms with Crippen molar-refractivity contribution in [1.82, 2.24) is 20.2 Å². The van der Waals surface area contributed by atoms with E-state index in [0.29, 0.717) is 30.2 Å². The zero-order valence-corrected chi connectivity index (χ0v) is 18.0. The van der Waals surface area contributed by atoms with Gasteiger partial charge in [0.05, 0.1) is 17.3 Å². The summed E-state index contributed by atoms with van der Waals surface area (Å²) in [4.78, 5) is 24.1. The van der Waals surface area contributed by atoms with Gasteiger partial charge in [0.1, 0.15) is 17.5 Å². The average Bonchev–Trinajstić information content (AvgIpc) is 2.79. The zero-order chi connectivity index (χ0) is 22.5. The lowest BCUT2D eigenvalue weighted by Crippen LogP contribution is -2.34. The van der Waals surface area contributed by atoms with Crippen LogP contribution in [0.5, 0.6) is 0 Å². The Labute approximate surface area is 186 Å².